The number of nitrogen functional groups attached to an aromatic ring is 1. The number of nitrogens with one attached hydrogen (secondary N) is 1. The molecule has 2 heterocycles. The molecular formula is C16H24N6O6. The smallest absolute Gasteiger partial charge is 0.323 e. The Bertz CT molecular complexity index is 891. The van der Waals surface area contributed by atoms with Gasteiger partial charge in [0.25, 0.3) is 5.56 Å². The lowest BCUT2D eigenvalue weighted by atomic mass is 10.1. The predicted octanol–water partition coefficient (Wildman–Crippen LogP) is -0.866. The molecule has 0 unspecified atom stereocenters. The van der Waals surface area contributed by atoms with E-state index in [2.05, 4.69) is 15.0 Å². The number of H-pyrrole nitrogens is 1. The fraction of sp³-hybridized carbons (Fsp3) is 0.562. The van der Waals surface area contributed by atoms with Gasteiger partial charge in [-0.2, -0.15) is 4.98 Å². The highest BCUT2D eigenvalue weighted by Crippen LogP contribution is 2.09. The highest BCUT2D eigenvalue weighted by atomic mass is 16.6. The average Bonchev–Trinajstić information content (AvgIpc) is 3.02. The summed E-state index contributed by atoms with van der Waals surface area (Å²) in [6.45, 7) is 4.44. The second kappa shape index (κ2) is 9.28. The first-order chi connectivity index (χ1) is 13.2. The summed E-state index contributed by atoms with van der Waals surface area (Å²) in [5, 5.41) is 0. The number of aromatic nitrogens is 4. The molecule has 12 nitrogen and oxygen atoms in total. The number of esters is 2. The lowest BCUT2D eigenvalue weighted by Gasteiger charge is -2.20. The van der Waals surface area contributed by atoms with Gasteiger partial charge in [-0.15, -0.1) is 0 Å². The minimum atomic E-state index is -0.772. The number of aromatic amines is 1. The van der Waals surface area contributed by atoms with Crippen molar-refractivity contribution in [3.05, 3.63) is 16.7 Å². The number of carbonyl (C=O) groups excluding carboxylic acids is 2. The molecule has 2 rings (SSSR count). The van der Waals surface area contributed by atoms with Crippen molar-refractivity contribution in [1.29, 1.82) is 0 Å². The molecule has 0 aromatic carbocycles. The van der Waals surface area contributed by atoms with E-state index in [4.69, 9.17) is 25.7 Å². The first-order valence-corrected chi connectivity index (χ1v) is 8.56. The van der Waals surface area contributed by atoms with Crippen LogP contribution in [-0.4, -0.2) is 56.8 Å². The number of ether oxygens (including phenoxy) is 3. The fourth-order valence-electron chi connectivity index (χ4n) is 2.15. The van der Waals surface area contributed by atoms with E-state index in [1.807, 2.05) is 0 Å². The minimum absolute atomic E-state index is 0.0627. The monoisotopic (exact) mass is 396 g/mol. The van der Waals surface area contributed by atoms with Crippen molar-refractivity contribution in [2.45, 2.75) is 39.6 Å². The van der Waals surface area contributed by atoms with Gasteiger partial charge in [-0.25, -0.2) is 4.98 Å². The second-order valence-corrected chi connectivity index (χ2v) is 6.46. The normalized spacial score (nSPS) is 13.5. The molecule has 0 aliphatic rings. The summed E-state index contributed by atoms with van der Waals surface area (Å²) in [5.74, 6) is -1.24. The number of nitrogens with two attached hydrogens (primary N) is 2. The van der Waals surface area contributed by atoms with E-state index < -0.39 is 29.6 Å². The zero-order chi connectivity index (χ0) is 20.8. The van der Waals surface area contributed by atoms with Gasteiger partial charge >= 0.3 is 11.9 Å². The lowest BCUT2D eigenvalue weighted by molar-refractivity contribution is -0.157. The van der Waals surface area contributed by atoms with E-state index in [0.717, 1.165) is 0 Å². The molecule has 28 heavy (non-hydrogen) atoms. The molecule has 0 bridgehead atoms. The standard InChI is InChI=1S/C16H24N6O6/c1-8(2)11(17)15(25)27-5-10(4-26-9(3)23)28-7-22-6-19-12-13(22)20-16(18)21-14(12)24/h6,8,10-11H,4-5,7,17H2,1-3H3,(H3,18,20,21,24)/t10-,11+/m1/s1. The van der Waals surface area contributed by atoms with Crippen molar-refractivity contribution in [3.8, 4) is 0 Å². The van der Waals surface area contributed by atoms with Gasteiger partial charge in [0.05, 0.1) is 6.33 Å². The molecule has 0 radical (unpaired) electrons. The largest absolute Gasteiger partial charge is 0.463 e. The summed E-state index contributed by atoms with van der Waals surface area (Å²) < 4.78 is 17.2. The number of rotatable bonds is 9. The highest BCUT2D eigenvalue weighted by Gasteiger charge is 2.22. The van der Waals surface area contributed by atoms with E-state index in [9.17, 15) is 14.4 Å². The molecule has 2 aromatic rings. The number of imidazole rings is 1. The molecule has 12 heteroatoms. The van der Waals surface area contributed by atoms with Crippen molar-refractivity contribution >= 4 is 29.1 Å². The number of carbonyl (C=O) groups is 2. The topological polar surface area (TPSA) is 177 Å². The third-order valence-corrected chi connectivity index (χ3v) is 3.82. The predicted molar refractivity (Wildman–Crippen MR) is 97.8 cm³/mol. The first kappa shape index (κ1) is 21.3. The molecule has 5 N–H and O–H groups in total. The lowest BCUT2D eigenvalue weighted by Crippen LogP contribution is -2.39. The second-order valence-electron chi connectivity index (χ2n) is 6.46. The molecule has 0 saturated heterocycles. The molecule has 0 fully saturated rings. The molecule has 154 valence electrons. The summed E-state index contributed by atoms with van der Waals surface area (Å²) in [6, 6.07) is -0.772. The van der Waals surface area contributed by atoms with Crippen molar-refractivity contribution < 1.29 is 23.8 Å². The van der Waals surface area contributed by atoms with Gasteiger partial charge in [0.15, 0.2) is 11.2 Å². The minimum Gasteiger partial charge on any atom is -0.463 e. The third-order valence-electron chi connectivity index (χ3n) is 3.82. The van der Waals surface area contributed by atoms with E-state index in [1.165, 1.54) is 17.8 Å². The molecule has 0 spiro atoms. The summed E-state index contributed by atoms with van der Waals surface area (Å²) in [4.78, 5) is 45.1. The number of fused-ring (bicyclic) bond motifs is 1. The van der Waals surface area contributed by atoms with Gasteiger partial charge in [-0.05, 0) is 5.92 Å². The zero-order valence-corrected chi connectivity index (χ0v) is 15.9. The summed E-state index contributed by atoms with van der Waals surface area (Å²) >= 11 is 0. The van der Waals surface area contributed by atoms with Gasteiger partial charge < -0.3 is 25.7 Å². The van der Waals surface area contributed by atoms with Gasteiger partial charge in [-0.3, -0.25) is 23.9 Å². The van der Waals surface area contributed by atoms with Crippen LogP contribution in [0.15, 0.2) is 11.1 Å². The summed E-state index contributed by atoms with van der Waals surface area (Å²) in [6.07, 6.45) is 0.597. The number of nitrogens with zero attached hydrogens (tertiary/aromatic N) is 3. The SMILES string of the molecule is CC(=O)OC[C@H](COC(=O)[C@@H](N)C(C)C)OCn1cnc2c(=O)[nH]c(N)nc21. The third kappa shape index (κ3) is 5.50. The average molecular weight is 396 g/mol. The number of hydrogen-bond acceptors (Lipinski definition) is 10. The molecule has 0 saturated carbocycles. The van der Waals surface area contributed by atoms with Crippen LogP contribution >= 0.6 is 0 Å². The zero-order valence-electron chi connectivity index (χ0n) is 15.9. The van der Waals surface area contributed by atoms with E-state index in [1.54, 1.807) is 13.8 Å². The number of anilines is 1. The Balaban J connectivity index is 2.05. The summed E-state index contributed by atoms with van der Waals surface area (Å²) in [7, 11) is 0. The summed E-state index contributed by atoms with van der Waals surface area (Å²) in [5.41, 5.74) is 11.1. The van der Waals surface area contributed by atoms with E-state index in [0.29, 0.717) is 0 Å². The maximum Gasteiger partial charge on any atom is 0.323 e. The maximum atomic E-state index is 11.9. The maximum absolute atomic E-state index is 11.9. The van der Waals surface area contributed by atoms with Crippen LogP contribution in [0, 0.1) is 5.92 Å². The Morgan fingerprint density at radius 1 is 1.29 bits per heavy atom. The first-order valence-electron chi connectivity index (χ1n) is 8.56. The van der Waals surface area contributed by atoms with Crippen molar-refractivity contribution in [3.63, 3.8) is 0 Å². The van der Waals surface area contributed by atoms with E-state index in [-0.39, 0.29) is 43.0 Å². The van der Waals surface area contributed by atoms with Gasteiger partial charge in [0.2, 0.25) is 5.95 Å². The van der Waals surface area contributed by atoms with Crippen LogP contribution in [0.5, 0.6) is 0 Å². The highest BCUT2D eigenvalue weighted by molar-refractivity contribution is 5.75. The van der Waals surface area contributed by atoms with Crippen LogP contribution in [0.4, 0.5) is 5.95 Å². The quantitative estimate of drug-likeness (QED) is 0.451. The van der Waals surface area contributed by atoms with Gasteiger partial charge in [0.1, 0.15) is 32.1 Å². The van der Waals surface area contributed by atoms with Crippen LogP contribution < -0.4 is 17.0 Å². The molecule has 0 aliphatic heterocycles. The van der Waals surface area contributed by atoms with Crippen molar-refractivity contribution in [2.24, 2.45) is 11.7 Å². The van der Waals surface area contributed by atoms with Crippen LogP contribution in [0.1, 0.15) is 20.8 Å². The number of hydrogen-bond donors (Lipinski definition) is 3. The molecular weight excluding hydrogens is 372 g/mol. The van der Waals surface area contributed by atoms with Crippen molar-refractivity contribution in [1.82, 2.24) is 19.5 Å². The Hall–Kier alpha value is -2.99. The van der Waals surface area contributed by atoms with Crippen LogP contribution in [0.25, 0.3) is 11.2 Å². The van der Waals surface area contributed by atoms with Crippen molar-refractivity contribution in [2.75, 3.05) is 18.9 Å². The molecule has 0 amide bonds. The van der Waals surface area contributed by atoms with Crippen LogP contribution in [-0.2, 0) is 30.5 Å². The fourth-order valence-corrected chi connectivity index (χ4v) is 2.15. The molecule has 2 aromatic heterocycles. The Morgan fingerprint density at radius 3 is 2.61 bits per heavy atom. The van der Waals surface area contributed by atoms with Crippen LogP contribution in [0.3, 0.4) is 0 Å². The Labute approximate surface area is 160 Å². The van der Waals surface area contributed by atoms with Gasteiger partial charge in [-0.1, -0.05) is 13.8 Å². The van der Waals surface area contributed by atoms with Gasteiger partial charge in [0, 0.05) is 6.92 Å². The Kier molecular flexibility index (Phi) is 7.06. The van der Waals surface area contributed by atoms with Crippen LogP contribution in [0.2, 0.25) is 0 Å². The Morgan fingerprint density at radius 2 is 1.96 bits per heavy atom. The van der Waals surface area contributed by atoms with E-state index >= 15 is 0 Å². The molecule has 0 aliphatic carbocycles. The molecule has 2 atom stereocenters.